The highest BCUT2D eigenvalue weighted by molar-refractivity contribution is 6.04. The van der Waals surface area contributed by atoms with Gasteiger partial charge in [-0.1, -0.05) is 24.3 Å². The number of nitrogens with zero attached hydrogens (tertiary/aromatic N) is 1. The van der Waals surface area contributed by atoms with Crippen LogP contribution in [-0.2, 0) is 22.6 Å². The van der Waals surface area contributed by atoms with E-state index < -0.39 is 41.7 Å². The van der Waals surface area contributed by atoms with Gasteiger partial charge < -0.3 is 19.8 Å². The maximum atomic E-state index is 13.4. The minimum absolute atomic E-state index is 0.0280. The van der Waals surface area contributed by atoms with Gasteiger partial charge in [0.15, 0.2) is 12.1 Å². The molecule has 5 rings (SSSR count). The zero-order valence-electron chi connectivity index (χ0n) is 20.5. The summed E-state index contributed by atoms with van der Waals surface area (Å²) >= 11 is 0. The summed E-state index contributed by atoms with van der Waals surface area (Å²) in [4.78, 5) is 40.0. The predicted octanol–water partition coefficient (Wildman–Crippen LogP) is 5.19. The third kappa shape index (κ3) is 5.96. The van der Waals surface area contributed by atoms with E-state index in [-0.39, 0.29) is 18.7 Å². The van der Waals surface area contributed by atoms with Gasteiger partial charge in [0, 0.05) is 11.3 Å². The first-order valence-electron chi connectivity index (χ1n) is 12.1. The van der Waals surface area contributed by atoms with E-state index in [0.29, 0.717) is 22.6 Å². The molecule has 10 heteroatoms. The van der Waals surface area contributed by atoms with Gasteiger partial charge in [0.1, 0.15) is 17.4 Å². The second-order valence-corrected chi connectivity index (χ2v) is 8.88. The number of benzene rings is 3. The molecule has 1 saturated heterocycles. The van der Waals surface area contributed by atoms with Gasteiger partial charge >= 0.3 is 6.09 Å². The number of anilines is 1. The molecule has 0 radical (unpaired) electrons. The van der Waals surface area contributed by atoms with Crippen LogP contribution in [0.5, 0.6) is 0 Å². The molecule has 198 valence electrons. The van der Waals surface area contributed by atoms with Gasteiger partial charge in [-0.2, -0.15) is 0 Å². The second kappa shape index (κ2) is 11.2. The van der Waals surface area contributed by atoms with E-state index in [1.165, 1.54) is 59.7 Å². The fourth-order valence-corrected chi connectivity index (χ4v) is 4.25. The maximum absolute atomic E-state index is 13.4. The number of hydrogen-bond donors (Lipinski definition) is 2. The van der Waals surface area contributed by atoms with Crippen LogP contribution in [0, 0.1) is 11.6 Å². The number of hydrogen-bond acceptors (Lipinski definition) is 5. The van der Waals surface area contributed by atoms with Gasteiger partial charge in [0.25, 0.3) is 5.91 Å². The van der Waals surface area contributed by atoms with Crippen LogP contribution in [0.25, 0.3) is 0 Å². The predicted molar refractivity (Wildman–Crippen MR) is 136 cm³/mol. The first kappa shape index (κ1) is 25.7. The lowest BCUT2D eigenvalue weighted by Crippen LogP contribution is -2.46. The first-order chi connectivity index (χ1) is 18.9. The Labute approximate surface area is 222 Å². The molecular formula is C29H23F2N3O5. The smallest absolute Gasteiger partial charge is 0.411 e. The standard InChI is InChI=1S/C29H23F2N3O5/c30-21-9-3-18(4-10-21)17-34-25(28(36)32-16-24-2-1-15-38-24)26(39-29(34)37)19-7-13-23(14-8-19)33-27(35)20-5-11-22(31)12-6-20/h1-15,25-26H,16-17H2,(H,32,36)(H,33,35)/t25-,26+/m1/s1. The minimum atomic E-state index is -1.03. The Morgan fingerprint density at radius 2 is 1.54 bits per heavy atom. The van der Waals surface area contributed by atoms with Crippen molar-refractivity contribution in [1.82, 2.24) is 10.2 Å². The SMILES string of the molecule is O=C(Nc1ccc([C@@H]2OC(=O)N(Cc3ccc(F)cc3)[C@H]2C(=O)NCc2ccco2)cc1)c1ccc(F)cc1. The van der Waals surface area contributed by atoms with Gasteiger partial charge in [-0.25, -0.2) is 13.6 Å². The third-order valence-electron chi connectivity index (χ3n) is 6.24. The van der Waals surface area contributed by atoms with Gasteiger partial charge in [0.2, 0.25) is 5.91 Å². The second-order valence-electron chi connectivity index (χ2n) is 8.88. The highest BCUT2D eigenvalue weighted by Crippen LogP contribution is 2.34. The largest absolute Gasteiger partial charge is 0.467 e. The molecule has 8 nitrogen and oxygen atoms in total. The van der Waals surface area contributed by atoms with E-state index in [2.05, 4.69) is 10.6 Å². The van der Waals surface area contributed by atoms with Gasteiger partial charge in [0.05, 0.1) is 19.4 Å². The van der Waals surface area contributed by atoms with Crippen molar-refractivity contribution in [2.75, 3.05) is 5.32 Å². The number of rotatable bonds is 8. The van der Waals surface area contributed by atoms with Gasteiger partial charge in [-0.05, 0) is 71.8 Å². The fraction of sp³-hybridized carbons (Fsp3) is 0.138. The summed E-state index contributed by atoms with van der Waals surface area (Å²) < 4.78 is 37.5. The van der Waals surface area contributed by atoms with Crippen molar-refractivity contribution in [2.45, 2.75) is 25.2 Å². The summed E-state index contributed by atoms with van der Waals surface area (Å²) in [5, 5.41) is 5.50. The molecule has 2 heterocycles. The van der Waals surface area contributed by atoms with Crippen molar-refractivity contribution in [3.8, 4) is 0 Å². The molecule has 4 aromatic rings. The Morgan fingerprint density at radius 1 is 0.872 bits per heavy atom. The molecule has 0 bridgehead atoms. The third-order valence-corrected chi connectivity index (χ3v) is 6.24. The van der Waals surface area contributed by atoms with E-state index in [1.54, 1.807) is 36.4 Å². The minimum Gasteiger partial charge on any atom is -0.467 e. The molecule has 3 amide bonds. The molecule has 0 spiro atoms. The Hall–Kier alpha value is -4.99. The molecule has 2 N–H and O–H groups in total. The zero-order valence-corrected chi connectivity index (χ0v) is 20.5. The molecule has 1 aliphatic rings. The Balaban J connectivity index is 1.35. The number of amides is 3. The molecule has 1 fully saturated rings. The van der Waals surface area contributed by atoms with Crippen LogP contribution in [0.4, 0.5) is 19.3 Å². The van der Waals surface area contributed by atoms with Crippen molar-refractivity contribution in [2.24, 2.45) is 0 Å². The molecular weight excluding hydrogens is 508 g/mol. The normalized spacial score (nSPS) is 16.6. The molecule has 2 atom stereocenters. The number of cyclic esters (lactones) is 1. The molecule has 0 aliphatic carbocycles. The van der Waals surface area contributed by atoms with Crippen molar-refractivity contribution in [3.63, 3.8) is 0 Å². The lowest BCUT2D eigenvalue weighted by atomic mass is 10.00. The Bertz CT molecular complexity index is 1460. The monoisotopic (exact) mass is 531 g/mol. The van der Waals surface area contributed by atoms with Crippen LogP contribution in [0.2, 0.25) is 0 Å². The lowest BCUT2D eigenvalue weighted by molar-refractivity contribution is -0.126. The van der Waals surface area contributed by atoms with E-state index >= 15 is 0 Å². The summed E-state index contributed by atoms with van der Waals surface area (Å²) in [6, 6.07) is 19.7. The fourth-order valence-electron chi connectivity index (χ4n) is 4.25. The first-order valence-corrected chi connectivity index (χ1v) is 12.1. The van der Waals surface area contributed by atoms with Gasteiger partial charge in [-0.3, -0.25) is 14.5 Å². The van der Waals surface area contributed by atoms with Crippen LogP contribution in [0.3, 0.4) is 0 Å². The summed E-state index contributed by atoms with van der Waals surface area (Å²) in [6.07, 6.45) is -0.156. The van der Waals surface area contributed by atoms with Crippen LogP contribution >= 0.6 is 0 Å². The van der Waals surface area contributed by atoms with Gasteiger partial charge in [-0.15, -0.1) is 0 Å². The molecule has 1 aromatic heterocycles. The van der Waals surface area contributed by atoms with Crippen molar-refractivity contribution < 1.29 is 32.3 Å². The van der Waals surface area contributed by atoms with E-state index in [1.807, 2.05) is 0 Å². The number of ether oxygens (including phenoxy) is 1. The van der Waals surface area contributed by atoms with Crippen LogP contribution < -0.4 is 10.6 Å². The zero-order chi connectivity index (χ0) is 27.4. The van der Waals surface area contributed by atoms with Crippen molar-refractivity contribution in [3.05, 3.63) is 125 Å². The van der Waals surface area contributed by atoms with E-state index in [4.69, 9.17) is 9.15 Å². The van der Waals surface area contributed by atoms with E-state index in [0.717, 1.165) is 0 Å². The maximum Gasteiger partial charge on any atom is 0.411 e. The summed E-state index contributed by atoms with van der Waals surface area (Å²) in [6.45, 7) is 0.141. The summed E-state index contributed by atoms with van der Waals surface area (Å²) in [5.74, 6) is -1.21. The number of furan rings is 1. The average molecular weight is 532 g/mol. The Morgan fingerprint density at radius 3 is 2.18 bits per heavy atom. The van der Waals surface area contributed by atoms with E-state index in [9.17, 15) is 23.2 Å². The highest BCUT2D eigenvalue weighted by Gasteiger charge is 2.47. The molecule has 39 heavy (non-hydrogen) atoms. The quantitative estimate of drug-likeness (QED) is 0.326. The highest BCUT2D eigenvalue weighted by atomic mass is 19.1. The van der Waals surface area contributed by atoms with Crippen molar-refractivity contribution >= 4 is 23.6 Å². The summed E-state index contributed by atoms with van der Waals surface area (Å²) in [5.41, 5.74) is 1.90. The number of halogens is 2. The number of nitrogens with one attached hydrogen (secondary N) is 2. The number of carbonyl (C=O) groups excluding carboxylic acids is 3. The van der Waals surface area contributed by atoms with Crippen LogP contribution in [0.1, 0.15) is 33.3 Å². The lowest BCUT2D eigenvalue weighted by Gasteiger charge is -2.24. The topological polar surface area (TPSA) is 101 Å². The summed E-state index contributed by atoms with van der Waals surface area (Å²) in [7, 11) is 0. The molecule has 3 aromatic carbocycles. The molecule has 1 aliphatic heterocycles. The van der Waals surface area contributed by atoms with Crippen LogP contribution in [0.15, 0.2) is 95.6 Å². The molecule has 0 unspecified atom stereocenters. The molecule has 0 saturated carbocycles. The number of carbonyl (C=O) groups is 3. The van der Waals surface area contributed by atoms with Crippen molar-refractivity contribution in [1.29, 1.82) is 0 Å². The van der Waals surface area contributed by atoms with Crippen LogP contribution in [-0.4, -0.2) is 28.8 Å². The Kier molecular flexibility index (Phi) is 7.35. The average Bonchev–Trinajstić information content (AvgIpc) is 3.57.